The lowest BCUT2D eigenvalue weighted by Crippen LogP contribution is -1.78. The van der Waals surface area contributed by atoms with Gasteiger partial charge in [-0.1, -0.05) is 30.3 Å². The lowest BCUT2D eigenvalue weighted by atomic mass is 10.2. The molecule has 0 aliphatic carbocycles. The fourth-order valence-electron chi connectivity index (χ4n) is 1.28. The molecule has 0 aliphatic rings. The number of nitrogens with zero attached hydrogens (tertiary/aromatic N) is 2. The highest BCUT2D eigenvalue weighted by Gasteiger charge is 1.97. The number of hydrogen-bond acceptors (Lipinski definition) is 3. The van der Waals surface area contributed by atoms with Gasteiger partial charge in [0.2, 0.25) is 0 Å². The molecule has 78 valence electrons. The summed E-state index contributed by atoms with van der Waals surface area (Å²) in [4.78, 5) is 10.7. The minimum absolute atomic E-state index is 0.544. The van der Waals surface area contributed by atoms with Crippen molar-refractivity contribution >= 4 is 17.7 Å². The fourth-order valence-corrected chi connectivity index (χ4v) is 1.28. The van der Waals surface area contributed by atoms with Crippen LogP contribution in [0.4, 0.5) is 11.4 Å². The second kappa shape index (κ2) is 4.98. The Balaban J connectivity index is 2.27. The Kier molecular flexibility index (Phi) is 3.18. The van der Waals surface area contributed by atoms with E-state index in [1.165, 1.54) is 0 Å². The number of rotatable bonds is 3. The van der Waals surface area contributed by atoms with Crippen LogP contribution >= 0.6 is 0 Å². The summed E-state index contributed by atoms with van der Waals surface area (Å²) in [5, 5.41) is 8.09. The molecule has 0 aromatic heterocycles. The van der Waals surface area contributed by atoms with E-state index in [9.17, 15) is 4.79 Å². The zero-order chi connectivity index (χ0) is 11.2. The molecular formula is C13H10N2O. The first-order chi connectivity index (χ1) is 7.90. The van der Waals surface area contributed by atoms with Crippen molar-refractivity contribution in [1.29, 1.82) is 0 Å². The van der Waals surface area contributed by atoms with Crippen LogP contribution in [0.5, 0.6) is 0 Å². The van der Waals surface area contributed by atoms with Gasteiger partial charge in [-0.2, -0.15) is 5.11 Å². The monoisotopic (exact) mass is 210 g/mol. The van der Waals surface area contributed by atoms with E-state index < -0.39 is 0 Å². The summed E-state index contributed by atoms with van der Waals surface area (Å²) in [5.41, 5.74) is 1.90. The van der Waals surface area contributed by atoms with Crippen LogP contribution in [0.3, 0.4) is 0 Å². The van der Waals surface area contributed by atoms with Crippen molar-refractivity contribution in [3.63, 3.8) is 0 Å². The Morgan fingerprint density at radius 2 is 1.50 bits per heavy atom. The van der Waals surface area contributed by atoms with Crippen molar-refractivity contribution in [1.82, 2.24) is 0 Å². The van der Waals surface area contributed by atoms with Crippen molar-refractivity contribution in [2.24, 2.45) is 10.2 Å². The number of aldehydes is 1. The van der Waals surface area contributed by atoms with Crippen LogP contribution in [-0.4, -0.2) is 6.29 Å². The van der Waals surface area contributed by atoms with Gasteiger partial charge in [-0.3, -0.25) is 4.79 Å². The minimum atomic E-state index is 0.544. The molecule has 2 rings (SSSR count). The molecule has 0 amide bonds. The van der Waals surface area contributed by atoms with Crippen molar-refractivity contribution in [2.75, 3.05) is 0 Å². The molecule has 0 N–H and O–H groups in total. The maximum absolute atomic E-state index is 10.7. The van der Waals surface area contributed by atoms with Gasteiger partial charge in [-0.05, 0) is 24.3 Å². The van der Waals surface area contributed by atoms with Gasteiger partial charge in [0.25, 0.3) is 0 Å². The number of benzene rings is 2. The molecule has 0 radical (unpaired) electrons. The fraction of sp³-hybridized carbons (Fsp3) is 0. The Labute approximate surface area is 93.5 Å². The highest BCUT2D eigenvalue weighted by molar-refractivity contribution is 5.82. The third-order valence-corrected chi connectivity index (χ3v) is 2.09. The van der Waals surface area contributed by atoms with E-state index in [0.29, 0.717) is 11.3 Å². The molecule has 2 aromatic carbocycles. The van der Waals surface area contributed by atoms with Gasteiger partial charge in [0.15, 0.2) is 6.29 Å². The van der Waals surface area contributed by atoms with Crippen molar-refractivity contribution in [3.8, 4) is 0 Å². The van der Waals surface area contributed by atoms with Crippen LogP contribution in [0, 0.1) is 0 Å². The Bertz CT molecular complexity index is 506. The van der Waals surface area contributed by atoms with Gasteiger partial charge in [-0.25, -0.2) is 0 Å². The molecular weight excluding hydrogens is 200 g/mol. The van der Waals surface area contributed by atoms with E-state index >= 15 is 0 Å². The number of azo groups is 1. The second-order valence-electron chi connectivity index (χ2n) is 3.21. The average molecular weight is 210 g/mol. The second-order valence-corrected chi connectivity index (χ2v) is 3.21. The van der Waals surface area contributed by atoms with Gasteiger partial charge >= 0.3 is 0 Å². The summed E-state index contributed by atoms with van der Waals surface area (Å²) in [6.07, 6.45) is 0.777. The Morgan fingerprint density at radius 1 is 0.812 bits per heavy atom. The molecule has 0 atom stereocenters. The molecule has 0 spiro atoms. The Hall–Kier alpha value is -2.29. The normalized spacial score (nSPS) is 10.5. The highest BCUT2D eigenvalue weighted by atomic mass is 16.1. The SMILES string of the molecule is O=Cc1ccccc1N=Nc1ccccc1. The van der Waals surface area contributed by atoms with E-state index in [1.54, 1.807) is 18.2 Å². The largest absolute Gasteiger partial charge is 0.298 e. The number of carbonyl (C=O) groups is 1. The molecule has 0 fully saturated rings. The van der Waals surface area contributed by atoms with Crippen molar-refractivity contribution in [2.45, 2.75) is 0 Å². The van der Waals surface area contributed by atoms with Gasteiger partial charge in [0, 0.05) is 5.56 Å². The summed E-state index contributed by atoms with van der Waals surface area (Å²) < 4.78 is 0. The number of carbonyl (C=O) groups excluding carboxylic acids is 1. The summed E-state index contributed by atoms with van der Waals surface area (Å²) >= 11 is 0. The molecule has 0 bridgehead atoms. The van der Waals surface area contributed by atoms with E-state index in [1.807, 2.05) is 36.4 Å². The highest BCUT2D eigenvalue weighted by Crippen LogP contribution is 2.20. The van der Waals surface area contributed by atoms with Gasteiger partial charge in [-0.15, -0.1) is 5.11 Å². The zero-order valence-electron chi connectivity index (χ0n) is 8.58. The first-order valence-electron chi connectivity index (χ1n) is 4.91. The number of hydrogen-bond donors (Lipinski definition) is 0. The third-order valence-electron chi connectivity index (χ3n) is 2.09. The van der Waals surface area contributed by atoms with Crippen LogP contribution in [0.1, 0.15) is 10.4 Å². The van der Waals surface area contributed by atoms with Crippen LogP contribution in [0.2, 0.25) is 0 Å². The summed E-state index contributed by atoms with van der Waals surface area (Å²) in [6.45, 7) is 0. The molecule has 3 nitrogen and oxygen atoms in total. The molecule has 0 saturated carbocycles. The van der Waals surface area contributed by atoms with Crippen molar-refractivity contribution in [3.05, 3.63) is 60.2 Å². The summed E-state index contributed by atoms with van der Waals surface area (Å²) in [7, 11) is 0. The predicted molar refractivity (Wildman–Crippen MR) is 62.4 cm³/mol. The summed E-state index contributed by atoms with van der Waals surface area (Å²) in [6, 6.07) is 16.5. The molecule has 0 saturated heterocycles. The average Bonchev–Trinajstić information content (AvgIpc) is 2.38. The molecule has 16 heavy (non-hydrogen) atoms. The Morgan fingerprint density at radius 3 is 2.25 bits per heavy atom. The topological polar surface area (TPSA) is 41.8 Å². The molecule has 2 aromatic rings. The van der Waals surface area contributed by atoms with Gasteiger partial charge in [0.05, 0.1) is 11.4 Å². The predicted octanol–water partition coefficient (Wildman–Crippen LogP) is 3.91. The van der Waals surface area contributed by atoms with E-state index in [4.69, 9.17) is 0 Å². The van der Waals surface area contributed by atoms with Crippen LogP contribution in [-0.2, 0) is 0 Å². The third kappa shape index (κ3) is 2.39. The molecule has 3 heteroatoms. The van der Waals surface area contributed by atoms with Gasteiger partial charge in [0.1, 0.15) is 0 Å². The maximum Gasteiger partial charge on any atom is 0.152 e. The van der Waals surface area contributed by atoms with Gasteiger partial charge < -0.3 is 0 Å². The lowest BCUT2D eigenvalue weighted by Gasteiger charge is -1.95. The van der Waals surface area contributed by atoms with Crippen LogP contribution < -0.4 is 0 Å². The maximum atomic E-state index is 10.7. The summed E-state index contributed by atoms with van der Waals surface area (Å²) in [5.74, 6) is 0. The smallest absolute Gasteiger partial charge is 0.152 e. The van der Waals surface area contributed by atoms with E-state index in [0.717, 1.165) is 12.0 Å². The van der Waals surface area contributed by atoms with Crippen LogP contribution in [0.15, 0.2) is 64.8 Å². The van der Waals surface area contributed by atoms with Crippen LogP contribution in [0.25, 0.3) is 0 Å². The quantitative estimate of drug-likeness (QED) is 0.559. The molecule has 0 aliphatic heterocycles. The minimum Gasteiger partial charge on any atom is -0.298 e. The molecule has 0 heterocycles. The van der Waals surface area contributed by atoms with E-state index in [-0.39, 0.29) is 0 Å². The standard InChI is InChI=1S/C13H10N2O/c16-10-11-6-4-5-9-13(11)15-14-12-7-2-1-3-8-12/h1-10H. The molecule has 0 unspecified atom stereocenters. The first kappa shape index (κ1) is 10.2. The van der Waals surface area contributed by atoms with E-state index in [2.05, 4.69) is 10.2 Å². The lowest BCUT2D eigenvalue weighted by molar-refractivity contribution is 0.112. The zero-order valence-corrected chi connectivity index (χ0v) is 8.58. The van der Waals surface area contributed by atoms with Crippen molar-refractivity contribution < 1.29 is 4.79 Å². The first-order valence-corrected chi connectivity index (χ1v) is 4.91.